The molecule has 0 radical (unpaired) electrons. The van der Waals surface area contributed by atoms with E-state index >= 15 is 0 Å². The van der Waals surface area contributed by atoms with E-state index in [-0.39, 0.29) is 5.69 Å². The molecule has 1 fully saturated rings. The standard InChI is InChI=1S/C15H16N8/c1-2-12-13(19-7-10-5-17-6-10)3-14(23-22-12)21-15-9-18-11(4-16)8-20-15/h2-3,8-10,17H,1,5-7H2,(H2,19,20,21,23). The van der Waals surface area contributed by atoms with Gasteiger partial charge in [0.05, 0.1) is 18.1 Å². The van der Waals surface area contributed by atoms with E-state index in [2.05, 4.69) is 42.7 Å². The van der Waals surface area contributed by atoms with E-state index in [1.54, 1.807) is 6.08 Å². The van der Waals surface area contributed by atoms with Crippen molar-refractivity contribution in [2.45, 2.75) is 0 Å². The molecule has 1 aliphatic rings. The molecule has 3 N–H and O–H groups in total. The molecule has 0 aromatic carbocycles. The van der Waals surface area contributed by atoms with Crippen molar-refractivity contribution >= 4 is 23.4 Å². The van der Waals surface area contributed by atoms with Gasteiger partial charge in [-0.05, 0) is 6.08 Å². The summed E-state index contributed by atoms with van der Waals surface area (Å²) in [6, 6.07) is 3.78. The quantitative estimate of drug-likeness (QED) is 0.729. The van der Waals surface area contributed by atoms with Gasteiger partial charge >= 0.3 is 0 Å². The van der Waals surface area contributed by atoms with Gasteiger partial charge in [-0.3, -0.25) is 0 Å². The SMILES string of the molecule is C=Cc1nnc(Nc2cnc(C#N)cn2)cc1NCC1CNC1. The monoisotopic (exact) mass is 308 g/mol. The summed E-state index contributed by atoms with van der Waals surface area (Å²) in [5, 5.41) is 26.6. The smallest absolute Gasteiger partial charge is 0.158 e. The van der Waals surface area contributed by atoms with Gasteiger partial charge in [0.25, 0.3) is 0 Å². The van der Waals surface area contributed by atoms with Crippen molar-refractivity contribution in [3.05, 3.63) is 36.4 Å². The van der Waals surface area contributed by atoms with Crippen molar-refractivity contribution in [3.8, 4) is 6.07 Å². The Balaban J connectivity index is 1.73. The lowest BCUT2D eigenvalue weighted by atomic mass is 10.0. The summed E-state index contributed by atoms with van der Waals surface area (Å²) in [6.45, 7) is 6.69. The molecular weight excluding hydrogens is 292 g/mol. The van der Waals surface area contributed by atoms with Gasteiger partial charge in [-0.2, -0.15) is 5.26 Å². The Morgan fingerprint density at radius 3 is 2.78 bits per heavy atom. The van der Waals surface area contributed by atoms with Crippen LogP contribution in [0.3, 0.4) is 0 Å². The molecule has 0 aliphatic carbocycles. The number of nitrogens with zero attached hydrogens (tertiary/aromatic N) is 5. The number of hydrogen-bond donors (Lipinski definition) is 3. The molecule has 0 bridgehead atoms. The van der Waals surface area contributed by atoms with Gasteiger partial charge < -0.3 is 16.0 Å². The first-order chi connectivity index (χ1) is 11.3. The Morgan fingerprint density at radius 1 is 1.30 bits per heavy atom. The highest BCUT2D eigenvalue weighted by Crippen LogP contribution is 2.20. The van der Waals surface area contributed by atoms with Crippen LogP contribution in [0.5, 0.6) is 0 Å². The lowest BCUT2D eigenvalue weighted by Crippen LogP contribution is -2.45. The minimum atomic E-state index is 0.264. The average Bonchev–Trinajstić information content (AvgIpc) is 2.54. The van der Waals surface area contributed by atoms with E-state index in [9.17, 15) is 0 Å². The molecule has 2 aromatic rings. The van der Waals surface area contributed by atoms with Crippen molar-refractivity contribution in [1.82, 2.24) is 25.5 Å². The van der Waals surface area contributed by atoms with Crippen LogP contribution in [0.2, 0.25) is 0 Å². The number of aromatic nitrogens is 4. The maximum Gasteiger partial charge on any atom is 0.158 e. The fraction of sp³-hybridized carbons (Fsp3) is 0.267. The van der Waals surface area contributed by atoms with Crippen LogP contribution in [-0.2, 0) is 0 Å². The molecule has 2 aromatic heterocycles. The molecule has 3 heterocycles. The third-order valence-corrected chi connectivity index (χ3v) is 3.49. The first kappa shape index (κ1) is 14.9. The Hall–Kier alpha value is -3.05. The zero-order valence-electron chi connectivity index (χ0n) is 12.5. The second-order valence-corrected chi connectivity index (χ2v) is 5.16. The summed E-state index contributed by atoms with van der Waals surface area (Å²) in [6.07, 6.45) is 4.55. The molecule has 0 atom stereocenters. The molecule has 8 heteroatoms. The van der Waals surface area contributed by atoms with E-state index in [4.69, 9.17) is 5.26 Å². The molecule has 1 saturated heterocycles. The molecule has 0 unspecified atom stereocenters. The topological polar surface area (TPSA) is 111 Å². The molecule has 0 saturated carbocycles. The third-order valence-electron chi connectivity index (χ3n) is 3.49. The van der Waals surface area contributed by atoms with Crippen LogP contribution in [0, 0.1) is 17.2 Å². The van der Waals surface area contributed by atoms with E-state index in [0.29, 0.717) is 23.2 Å². The Labute approximate surface area is 133 Å². The number of hydrogen-bond acceptors (Lipinski definition) is 8. The summed E-state index contributed by atoms with van der Waals surface area (Å²) in [5.41, 5.74) is 1.83. The molecule has 3 rings (SSSR count). The van der Waals surface area contributed by atoms with Gasteiger partial charge in [0, 0.05) is 31.6 Å². The van der Waals surface area contributed by atoms with Crippen molar-refractivity contribution in [2.75, 3.05) is 30.3 Å². The molecular formula is C15H16N8. The van der Waals surface area contributed by atoms with Crippen LogP contribution in [0.15, 0.2) is 25.0 Å². The number of nitrogens with one attached hydrogen (secondary N) is 3. The van der Waals surface area contributed by atoms with Gasteiger partial charge in [-0.25, -0.2) is 9.97 Å². The van der Waals surface area contributed by atoms with Gasteiger partial charge in [0.15, 0.2) is 11.5 Å². The number of rotatable bonds is 6. The fourth-order valence-electron chi connectivity index (χ4n) is 2.08. The highest BCUT2D eigenvalue weighted by atomic mass is 15.2. The Bertz CT molecular complexity index is 730. The zero-order valence-corrected chi connectivity index (χ0v) is 12.5. The van der Waals surface area contributed by atoms with Gasteiger partial charge in [0.1, 0.15) is 17.6 Å². The molecule has 1 aliphatic heterocycles. The number of anilines is 3. The Morgan fingerprint density at radius 2 is 2.17 bits per heavy atom. The van der Waals surface area contributed by atoms with Crippen molar-refractivity contribution < 1.29 is 0 Å². The summed E-state index contributed by atoms with van der Waals surface area (Å²) >= 11 is 0. The molecule has 0 amide bonds. The lowest BCUT2D eigenvalue weighted by Gasteiger charge is -2.27. The third kappa shape index (κ3) is 3.59. The molecule has 8 nitrogen and oxygen atoms in total. The van der Waals surface area contributed by atoms with Crippen molar-refractivity contribution in [2.24, 2.45) is 5.92 Å². The molecule has 116 valence electrons. The van der Waals surface area contributed by atoms with Crippen molar-refractivity contribution in [3.63, 3.8) is 0 Å². The van der Waals surface area contributed by atoms with Crippen LogP contribution in [0.1, 0.15) is 11.4 Å². The predicted molar refractivity (Wildman–Crippen MR) is 87.0 cm³/mol. The summed E-state index contributed by atoms with van der Waals surface area (Å²) in [5.74, 6) is 1.67. The second-order valence-electron chi connectivity index (χ2n) is 5.16. The second kappa shape index (κ2) is 6.81. The highest BCUT2D eigenvalue weighted by molar-refractivity contribution is 5.66. The Kier molecular flexibility index (Phi) is 4.40. The van der Waals surface area contributed by atoms with E-state index < -0.39 is 0 Å². The minimum absolute atomic E-state index is 0.264. The molecule has 23 heavy (non-hydrogen) atoms. The highest BCUT2D eigenvalue weighted by Gasteiger charge is 2.16. The number of nitriles is 1. The fourth-order valence-corrected chi connectivity index (χ4v) is 2.08. The van der Waals surface area contributed by atoms with Gasteiger partial charge in [-0.15, -0.1) is 10.2 Å². The predicted octanol–water partition coefficient (Wildman–Crippen LogP) is 1.16. The van der Waals surface area contributed by atoms with Gasteiger partial charge in [-0.1, -0.05) is 6.58 Å². The van der Waals surface area contributed by atoms with Crippen LogP contribution in [0.25, 0.3) is 6.08 Å². The summed E-state index contributed by atoms with van der Waals surface area (Å²) in [4.78, 5) is 8.06. The van der Waals surface area contributed by atoms with Crippen LogP contribution < -0.4 is 16.0 Å². The first-order valence-corrected chi connectivity index (χ1v) is 7.22. The summed E-state index contributed by atoms with van der Waals surface area (Å²) in [7, 11) is 0. The van der Waals surface area contributed by atoms with Crippen LogP contribution in [0.4, 0.5) is 17.3 Å². The average molecular weight is 308 g/mol. The lowest BCUT2D eigenvalue weighted by molar-refractivity contribution is 0.365. The van der Waals surface area contributed by atoms with E-state index in [1.165, 1.54) is 12.4 Å². The first-order valence-electron chi connectivity index (χ1n) is 7.22. The van der Waals surface area contributed by atoms with Gasteiger partial charge in [0.2, 0.25) is 0 Å². The largest absolute Gasteiger partial charge is 0.383 e. The van der Waals surface area contributed by atoms with Crippen molar-refractivity contribution in [1.29, 1.82) is 5.26 Å². The maximum atomic E-state index is 8.72. The van der Waals surface area contributed by atoms with Crippen LogP contribution >= 0.6 is 0 Å². The van der Waals surface area contributed by atoms with E-state index in [1.807, 2.05) is 12.1 Å². The zero-order chi connectivity index (χ0) is 16.1. The maximum absolute atomic E-state index is 8.72. The van der Waals surface area contributed by atoms with E-state index in [0.717, 1.165) is 25.3 Å². The van der Waals surface area contributed by atoms with Crippen LogP contribution in [-0.4, -0.2) is 39.8 Å². The normalized spacial score (nSPS) is 13.7. The molecule has 0 spiro atoms. The summed E-state index contributed by atoms with van der Waals surface area (Å²) < 4.78 is 0. The minimum Gasteiger partial charge on any atom is -0.383 e.